The van der Waals surface area contributed by atoms with Gasteiger partial charge in [-0.3, -0.25) is 9.36 Å². The third-order valence-corrected chi connectivity index (χ3v) is 5.62. The lowest BCUT2D eigenvalue weighted by atomic mass is 10.0. The van der Waals surface area contributed by atoms with E-state index in [4.69, 9.17) is 19.0 Å². The Hall–Kier alpha value is -2.51. The lowest BCUT2D eigenvalue weighted by Gasteiger charge is -2.24. The van der Waals surface area contributed by atoms with Crippen molar-refractivity contribution in [3.05, 3.63) is 45.8 Å². The van der Waals surface area contributed by atoms with E-state index in [-0.39, 0.29) is 5.56 Å². The summed E-state index contributed by atoms with van der Waals surface area (Å²) in [5, 5.41) is 4.65. The highest BCUT2D eigenvalue weighted by atomic mass is 16.7. The molecule has 4 heterocycles. The van der Waals surface area contributed by atoms with Crippen LogP contribution in [0.4, 0.5) is 0 Å². The molecule has 1 saturated heterocycles. The van der Waals surface area contributed by atoms with Gasteiger partial charge >= 0.3 is 0 Å². The lowest BCUT2D eigenvalue weighted by Crippen LogP contribution is -2.31. The first-order chi connectivity index (χ1) is 13.1. The highest BCUT2D eigenvalue weighted by Crippen LogP contribution is 2.32. The summed E-state index contributed by atoms with van der Waals surface area (Å²) >= 11 is 0. The van der Waals surface area contributed by atoms with Crippen LogP contribution in [0, 0.1) is 13.8 Å². The highest BCUT2D eigenvalue weighted by Gasteiger charge is 2.38. The summed E-state index contributed by atoms with van der Waals surface area (Å²) in [5.41, 5.74) is 3.45. The largest absolute Gasteiger partial charge is 0.361 e. The van der Waals surface area contributed by atoms with Crippen LogP contribution < -0.4 is 5.56 Å². The van der Waals surface area contributed by atoms with Crippen molar-refractivity contribution >= 4 is 10.9 Å². The second kappa shape index (κ2) is 6.00. The van der Waals surface area contributed by atoms with Gasteiger partial charge in [-0.25, -0.2) is 4.98 Å². The summed E-state index contributed by atoms with van der Waals surface area (Å²) in [6, 6.07) is 5.74. The molecule has 0 amide bonds. The molecule has 0 atom stereocenters. The minimum absolute atomic E-state index is 0.00430. The molecule has 140 valence electrons. The summed E-state index contributed by atoms with van der Waals surface area (Å²) in [7, 11) is 0. The Balaban J connectivity index is 1.61. The Kier molecular flexibility index (Phi) is 3.70. The average Bonchev–Trinajstić information content (AvgIpc) is 3.20. The zero-order valence-corrected chi connectivity index (χ0v) is 15.4. The molecule has 0 bridgehead atoms. The molecule has 1 fully saturated rings. The number of rotatable bonds is 1. The van der Waals surface area contributed by atoms with Gasteiger partial charge in [0.2, 0.25) is 0 Å². The molecule has 0 N–H and O–H groups in total. The number of aromatic nitrogens is 3. The number of hydrogen-bond donors (Lipinski definition) is 0. The quantitative estimate of drug-likeness (QED) is 0.658. The summed E-state index contributed by atoms with van der Waals surface area (Å²) in [4.78, 5) is 17.9. The van der Waals surface area contributed by atoms with Gasteiger partial charge in [-0.05, 0) is 31.5 Å². The van der Waals surface area contributed by atoms with E-state index in [9.17, 15) is 4.79 Å². The molecule has 0 radical (unpaired) electrons. The first-order valence-corrected chi connectivity index (χ1v) is 9.31. The molecule has 3 aromatic rings. The van der Waals surface area contributed by atoms with Crippen molar-refractivity contribution in [2.75, 3.05) is 13.2 Å². The maximum absolute atomic E-state index is 13.1. The molecule has 2 aliphatic heterocycles. The van der Waals surface area contributed by atoms with Crippen molar-refractivity contribution in [1.29, 1.82) is 0 Å². The van der Waals surface area contributed by atoms with Crippen LogP contribution in [0.2, 0.25) is 0 Å². The van der Waals surface area contributed by atoms with Crippen molar-refractivity contribution in [2.45, 2.75) is 45.4 Å². The average molecular weight is 367 g/mol. The molecule has 7 heteroatoms. The smallest absolute Gasteiger partial charge is 0.261 e. The second-order valence-electron chi connectivity index (χ2n) is 7.27. The van der Waals surface area contributed by atoms with Crippen LogP contribution >= 0.6 is 0 Å². The molecule has 27 heavy (non-hydrogen) atoms. The second-order valence-corrected chi connectivity index (χ2v) is 7.27. The molecular formula is C20H21N3O4. The van der Waals surface area contributed by atoms with Gasteiger partial charge < -0.3 is 14.0 Å². The van der Waals surface area contributed by atoms with E-state index < -0.39 is 5.79 Å². The molecule has 5 rings (SSSR count). The van der Waals surface area contributed by atoms with Crippen LogP contribution in [0.25, 0.3) is 22.0 Å². The molecule has 2 aliphatic rings. The van der Waals surface area contributed by atoms with Gasteiger partial charge in [0.15, 0.2) is 5.79 Å². The van der Waals surface area contributed by atoms with Crippen LogP contribution in [0.3, 0.4) is 0 Å². The highest BCUT2D eigenvalue weighted by molar-refractivity contribution is 5.84. The molecule has 7 nitrogen and oxygen atoms in total. The van der Waals surface area contributed by atoms with Gasteiger partial charge in [0.25, 0.3) is 5.56 Å². The van der Waals surface area contributed by atoms with Crippen LogP contribution in [0.15, 0.2) is 27.5 Å². The van der Waals surface area contributed by atoms with E-state index in [2.05, 4.69) is 5.16 Å². The first kappa shape index (κ1) is 16.6. The molecule has 1 spiro atoms. The van der Waals surface area contributed by atoms with Gasteiger partial charge in [-0.15, -0.1) is 0 Å². The van der Waals surface area contributed by atoms with Crippen molar-refractivity contribution in [3.63, 3.8) is 0 Å². The molecular weight excluding hydrogens is 346 g/mol. The third-order valence-electron chi connectivity index (χ3n) is 5.62. The number of benzene rings is 1. The van der Waals surface area contributed by atoms with Crippen molar-refractivity contribution < 1.29 is 14.0 Å². The molecule has 1 aromatic carbocycles. The monoisotopic (exact) mass is 367 g/mol. The van der Waals surface area contributed by atoms with Crippen LogP contribution in [-0.2, 0) is 22.4 Å². The minimum atomic E-state index is -0.561. The number of ether oxygens (including phenoxy) is 2. The molecule has 0 saturated carbocycles. The predicted molar refractivity (Wildman–Crippen MR) is 98.5 cm³/mol. The fourth-order valence-corrected chi connectivity index (χ4v) is 4.23. The maximum atomic E-state index is 13.1. The topological polar surface area (TPSA) is 79.4 Å². The minimum Gasteiger partial charge on any atom is -0.361 e. The van der Waals surface area contributed by atoms with E-state index in [0.29, 0.717) is 49.9 Å². The number of aryl methyl sites for hydroxylation is 3. The third kappa shape index (κ3) is 2.61. The summed E-state index contributed by atoms with van der Waals surface area (Å²) in [6.07, 6.45) is 2.04. The molecule has 0 aliphatic carbocycles. The van der Waals surface area contributed by atoms with Gasteiger partial charge in [0.05, 0.1) is 29.8 Å². The van der Waals surface area contributed by atoms with Crippen LogP contribution in [0.1, 0.15) is 30.1 Å². The van der Waals surface area contributed by atoms with Gasteiger partial charge in [0.1, 0.15) is 11.6 Å². The zero-order valence-electron chi connectivity index (χ0n) is 15.4. The van der Waals surface area contributed by atoms with E-state index in [1.165, 1.54) is 0 Å². The predicted octanol–water partition coefficient (Wildman–Crippen LogP) is 2.75. The Morgan fingerprint density at radius 1 is 1.15 bits per heavy atom. The van der Waals surface area contributed by atoms with Crippen molar-refractivity contribution in [3.8, 4) is 11.1 Å². The Bertz CT molecular complexity index is 1070. The van der Waals surface area contributed by atoms with Crippen LogP contribution in [-0.4, -0.2) is 33.7 Å². The van der Waals surface area contributed by atoms with E-state index in [1.54, 1.807) is 4.57 Å². The fraction of sp³-hybridized carbons (Fsp3) is 0.450. The Labute approximate surface area is 155 Å². The van der Waals surface area contributed by atoms with Gasteiger partial charge in [0, 0.05) is 31.4 Å². The van der Waals surface area contributed by atoms with Crippen molar-refractivity contribution in [1.82, 2.24) is 14.7 Å². The van der Waals surface area contributed by atoms with Crippen molar-refractivity contribution in [2.24, 2.45) is 0 Å². The van der Waals surface area contributed by atoms with E-state index >= 15 is 0 Å². The summed E-state index contributed by atoms with van der Waals surface area (Å²) in [6.45, 7) is 5.59. The summed E-state index contributed by atoms with van der Waals surface area (Å²) in [5.74, 6) is 0.990. The lowest BCUT2D eigenvalue weighted by molar-refractivity contribution is -0.165. The fourth-order valence-electron chi connectivity index (χ4n) is 4.23. The zero-order chi connectivity index (χ0) is 18.6. The van der Waals surface area contributed by atoms with Gasteiger partial charge in [-0.1, -0.05) is 11.2 Å². The first-order valence-electron chi connectivity index (χ1n) is 9.31. The summed E-state index contributed by atoms with van der Waals surface area (Å²) < 4.78 is 18.7. The number of fused-ring (bicyclic) bond motifs is 2. The van der Waals surface area contributed by atoms with E-state index in [0.717, 1.165) is 28.4 Å². The SMILES string of the molecule is Cc1noc(C)c1-c1ccc2c(=O)n3c(nc2c1)CCC1(CC3)OCCO1. The van der Waals surface area contributed by atoms with Crippen LogP contribution in [0.5, 0.6) is 0 Å². The Morgan fingerprint density at radius 3 is 2.70 bits per heavy atom. The maximum Gasteiger partial charge on any atom is 0.261 e. The standard InChI is InChI=1S/C20H21N3O4/c1-12-18(13(2)27-22-12)14-3-4-15-16(11-14)21-17-5-6-20(25-9-10-26-20)7-8-23(17)19(15)24/h3-4,11H,5-10H2,1-2H3. The number of hydrogen-bond acceptors (Lipinski definition) is 6. The Morgan fingerprint density at radius 2 is 1.96 bits per heavy atom. The van der Waals surface area contributed by atoms with E-state index in [1.807, 2.05) is 32.0 Å². The molecule has 2 aromatic heterocycles. The molecule has 0 unspecified atom stereocenters. The number of nitrogens with zero attached hydrogens (tertiary/aromatic N) is 3. The normalized spacial score (nSPS) is 18.7. The van der Waals surface area contributed by atoms with Gasteiger partial charge in [-0.2, -0.15) is 0 Å².